The number of fused-ring (bicyclic) bond motifs is 5. The van der Waals surface area contributed by atoms with Crippen molar-refractivity contribution in [1.29, 1.82) is 5.26 Å². The third-order valence-electron chi connectivity index (χ3n) is 24.5. The summed E-state index contributed by atoms with van der Waals surface area (Å²) in [6.45, 7) is 26.5. The van der Waals surface area contributed by atoms with E-state index in [9.17, 15) is 14.4 Å². The number of ether oxygens (including phenoxy) is 1. The molecule has 12 heteroatoms. The first kappa shape index (κ1) is 81.7. The van der Waals surface area contributed by atoms with Crippen molar-refractivity contribution in [3.63, 3.8) is 0 Å². The van der Waals surface area contributed by atoms with Gasteiger partial charge in [0.1, 0.15) is 6.10 Å². The number of alkyl carbamates (subject to hydrolysis) is 1. The summed E-state index contributed by atoms with van der Waals surface area (Å²) in [4.78, 5) is 45.3. The Kier molecular flexibility index (Phi) is 41.4. The lowest BCUT2D eigenvalue weighted by atomic mass is 9.44. The highest BCUT2D eigenvalue weighted by Gasteiger charge is 2.61. The Hall–Kier alpha value is -1.99. The van der Waals surface area contributed by atoms with Crippen molar-refractivity contribution in [1.82, 2.24) is 19.8 Å². The molecule has 5 rings (SSSR count). The molecule has 0 aromatic heterocycles. The third kappa shape index (κ3) is 29.0. The lowest BCUT2D eigenvalue weighted by Crippen LogP contribution is -2.54. The minimum atomic E-state index is -1.35. The largest absolute Gasteiger partial charge is 0.446 e. The summed E-state index contributed by atoms with van der Waals surface area (Å²) in [6, 6.07) is 2.73. The molecule has 0 spiro atoms. The molecule has 3 amide bonds. The van der Waals surface area contributed by atoms with Crippen LogP contribution in [0.15, 0.2) is 0 Å². The van der Waals surface area contributed by atoms with Crippen LogP contribution in [0.4, 0.5) is 4.79 Å². The van der Waals surface area contributed by atoms with Gasteiger partial charge in [-0.3, -0.25) is 9.59 Å². The molecule has 4 unspecified atom stereocenters. The topological polar surface area (TPSA) is 124 Å². The summed E-state index contributed by atoms with van der Waals surface area (Å²) in [5, 5.41) is 12.2. The van der Waals surface area contributed by atoms with E-state index in [1.165, 1.54) is 244 Å². The Bertz CT molecular complexity index is 1980. The second-order valence-electron chi connectivity index (χ2n) is 32.3. The van der Waals surface area contributed by atoms with Crippen molar-refractivity contribution in [2.45, 2.75) is 414 Å². The van der Waals surface area contributed by atoms with Crippen LogP contribution >= 0.6 is 8.53 Å². The first-order chi connectivity index (χ1) is 45.1. The van der Waals surface area contributed by atoms with Crippen LogP contribution in [0.2, 0.25) is 0 Å². The number of rotatable bonds is 53. The van der Waals surface area contributed by atoms with Crippen LogP contribution in [-0.4, -0.2) is 95.5 Å². The van der Waals surface area contributed by atoms with Crippen molar-refractivity contribution in [3.8, 4) is 6.07 Å². The second kappa shape index (κ2) is 47.1. The zero-order valence-corrected chi connectivity index (χ0v) is 63.6. The van der Waals surface area contributed by atoms with E-state index in [-0.39, 0.29) is 42.3 Å². The third-order valence-corrected chi connectivity index (χ3v) is 26.7. The summed E-state index contributed by atoms with van der Waals surface area (Å²) >= 11 is 0. The fraction of sp³-hybridized carbons (Fsp3) is 0.951. The molecule has 1 N–H and O–H groups in total. The van der Waals surface area contributed by atoms with E-state index in [4.69, 9.17) is 19.0 Å². The normalized spacial score (nSPS) is 25.9. The lowest BCUT2D eigenvalue weighted by Gasteiger charge is -2.61. The number of nitrogens with zero attached hydrogens (tertiary/aromatic N) is 4. The zero-order valence-electron chi connectivity index (χ0n) is 62.7. The lowest BCUT2D eigenvalue weighted by molar-refractivity contribution is -0.133. The van der Waals surface area contributed by atoms with Crippen LogP contribution in [0.25, 0.3) is 0 Å². The fourth-order valence-corrected chi connectivity index (χ4v) is 20.7. The van der Waals surface area contributed by atoms with Crippen molar-refractivity contribution in [2.75, 3.05) is 32.8 Å². The molecule has 12 atom stereocenters. The van der Waals surface area contributed by atoms with Gasteiger partial charge in [0.2, 0.25) is 11.8 Å². The van der Waals surface area contributed by atoms with Crippen LogP contribution < -0.4 is 5.32 Å². The first-order valence-corrected chi connectivity index (χ1v) is 42.0. The Balaban J connectivity index is 0.983. The zero-order chi connectivity index (χ0) is 67.1. The van der Waals surface area contributed by atoms with Gasteiger partial charge < -0.3 is 28.9 Å². The minimum absolute atomic E-state index is 0.0148. The molecular formula is C81H150N5O6P. The first-order valence-electron chi connectivity index (χ1n) is 40.8. The van der Waals surface area contributed by atoms with Gasteiger partial charge >= 0.3 is 6.09 Å². The molecular weight excluding hydrogens is 1170 g/mol. The van der Waals surface area contributed by atoms with Gasteiger partial charge in [0.15, 0.2) is 0 Å². The molecule has 11 nitrogen and oxygen atoms in total. The average molecular weight is 1320 g/mol. The number of hydrogen-bond donors (Lipinski definition) is 1. The SMILES string of the molecule is CCCCCCCCCCCCCCCCCCN(CCCCCCCCCCCCCCCCCC)C(=O)CC[C@@H](C)[C@H]1CCC2C3CC[C@@H]4C[C@H](OC(=O)NCCCCCC(=O)N5C[C@H](OP(OCCC#N)N(C(C)C)C(C)C)C[C@H]5C)CC[C@]4(C)C3CC[C@@]21C. The molecule has 1 aliphatic heterocycles. The van der Waals surface area contributed by atoms with E-state index in [1.807, 2.05) is 4.90 Å². The number of hydrogen-bond acceptors (Lipinski definition) is 8. The molecule has 1 heterocycles. The summed E-state index contributed by atoms with van der Waals surface area (Å²) in [6.07, 6.45) is 60.7. The van der Waals surface area contributed by atoms with Crippen molar-refractivity contribution in [2.24, 2.45) is 46.3 Å². The van der Waals surface area contributed by atoms with Gasteiger partial charge in [-0.15, -0.1) is 0 Å². The Morgan fingerprint density at radius 3 is 1.59 bits per heavy atom. The Labute approximate surface area is 576 Å². The molecule has 93 heavy (non-hydrogen) atoms. The molecule has 5 aliphatic rings. The molecule has 4 saturated carbocycles. The smallest absolute Gasteiger partial charge is 0.407 e. The Morgan fingerprint density at radius 2 is 1.08 bits per heavy atom. The van der Waals surface area contributed by atoms with Gasteiger partial charge in [0.05, 0.1) is 25.2 Å². The van der Waals surface area contributed by atoms with Gasteiger partial charge in [-0.1, -0.05) is 234 Å². The van der Waals surface area contributed by atoms with E-state index >= 15 is 0 Å². The van der Waals surface area contributed by atoms with Crippen molar-refractivity contribution < 1.29 is 28.2 Å². The van der Waals surface area contributed by atoms with Crippen LogP contribution in [0.1, 0.15) is 384 Å². The molecule has 0 radical (unpaired) electrons. The molecule has 0 bridgehead atoms. The predicted octanol–water partition coefficient (Wildman–Crippen LogP) is 23.4. The van der Waals surface area contributed by atoms with E-state index in [2.05, 4.69) is 90.2 Å². The molecule has 0 aromatic rings. The van der Waals surface area contributed by atoms with E-state index in [0.717, 1.165) is 88.6 Å². The van der Waals surface area contributed by atoms with E-state index in [1.54, 1.807) is 0 Å². The number of amides is 3. The maximum absolute atomic E-state index is 14.3. The van der Waals surface area contributed by atoms with Crippen LogP contribution in [0.5, 0.6) is 0 Å². The standard InChI is InChI=1S/C81H150N5O6P/c1-11-13-15-17-19-21-23-25-27-29-31-33-35-37-39-44-60-84(61-45-40-38-36-34-32-30-28-26-24-22-20-18-16-14-12-2)77(87)53-48-68(7)74-51-52-75-73-50-49-70-64-71(54-56-80(70,9)76(73)55-57-81(74,75)10)91-79(89)83-59-43-41-42-47-78(88)85-65-72(63-69(85)8)92-93(90-62-46-58-82)86(66(3)4)67(5)6/h66-76H,11-57,59-65H2,1-10H3,(H,83,89)/t68-,69-,70-,71-,72-,73?,74-,75?,76?,80+,81-,93?/m1/s1. The molecule has 4 aliphatic carbocycles. The van der Waals surface area contributed by atoms with Gasteiger partial charge in [-0.25, -0.2) is 9.46 Å². The average Bonchev–Trinajstić information content (AvgIpc) is 1.70. The number of likely N-dealkylation sites (tertiary alicyclic amines) is 1. The number of carbonyl (C=O) groups excluding carboxylic acids is 3. The summed E-state index contributed by atoms with van der Waals surface area (Å²) in [5.41, 5.74) is 0.688. The summed E-state index contributed by atoms with van der Waals surface area (Å²) in [7, 11) is -1.35. The van der Waals surface area contributed by atoms with E-state index < -0.39 is 8.53 Å². The van der Waals surface area contributed by atoms with Crippen LogP contribution in [0.3, 0.4) is 0 Å². The van der Waals surface area contributed by atoms with Gasteiger partial charge in [-0.05, 0) is 177 Å². The van der Waals surface area contributed by atoms with Gasteiger partial charge in [-0.2, -0.15) is 5.26 Å². The number of unbranched alkanes of at least 4 members (excludes halogenated alkanes) is 32. The highest BCUT2D eigenvalue weighted by Crippen LogP contribution is 2.68. The van der Waals surface area contributed by atoms with E-state index in [0.29, 0.717) is 67.0 Å². The molecule has 1 saturated heterocycles. The summed E-state index contributed by atoms with van der Waals surface area (Å²) < 4.78 is 21.2. The number of carbonyl (C=O) groups is 3. The molecule has 5 fully saturated rings. The summed E-state index contributed by atoms with van der Waals surface area (Å²) in [5.74, 6) is 4.85. The number of nitriles is 1. The second-order valence-corrected chi connectivity index (χ2v) is 33.7. The van der Waals surface area contributed by atoms with Gasteiger partial charge in [0.25, 0.3) is 8.53 Å². The minimum Gasteiger partial charge on any atom is -0.446 e. The predicted molar refractivity (Wildman–Crippen MR) is 392 cm³/mol. The highest BCUT2D eigenvalue weighted by atomic mass is 31.2. The van der Waals surface area contributed by atoms with Crippen LogP contribution in [-0.2, 0) is 23.4 Å². The monoisotopic (exact) mass is 1320 g/mol. The maximum Gasteiger partial charge on any atom is 0.407 e. The maximum atomic E-state index is 14.3. The molecule has 0 aromatic carbocycles. The quantitative estimate of drug-likeness (QED) is 0.0472. The fourth-order valence-electron chi connectivity index (χ4n) is 19.0. The van der Waals surface area contributed by atoms with Crippen molar-refractivity contribution in [3.05, 3.63) is 0 Å². The van der Waals surface area contributed by atoms with Crippen molar-refractivity contribution >= 4 is 26.4 Å². The number of nitrogens with one attached hydrogen (secondary N) is 1. The molecule has 540 valence electrons. The highest BCUT2D eigenvalue weighted by molar-refractivity contribution is 7.44. The van der Waals surface area contributed by atoms with Crippen LogP contribution in [0, 0.1) is 57.7 Å². The van der Waals surface area contributed by atoms with Gasteiger partial charge in [0, 0.05) is 57.1 Å². The Morgan fingerprint density at radius 1 is 0.581 bits per heavy atom.